The first-order valence-electron chi connectivity index (χ1n) is 9.85. The van der Waals surface area contributed by atoms with Crippen molar-refractivity contribution < 1.29 is 9.21 Å². The van der Waals surface area contributed by atoms with Crippen LogP contribution in [0.3, 0.4) is 0 Å². The number of aromatic amines is 1. The topological polar surface area (TPSA) is 92.1 Å². The van der Waals surface area contributed by atoms with Gasteiger partial charge in [-0.05, 0) is 43.3 Å². The van der Waals surface area contributed by atoms with E-state index >= 15 is 0 Å². The van der Waals surface area contributed by atoms with Crippen LogP contribution < -0.4 is 5.56 Å². The number of hydrogen-bond donors (Lipinski definition) is 1. The highest BCUT2D eigenvalue weighted by molar-refractivity contribution is 7.21. The predicted molar refractivity (Wildman–Crippen MR) is 120 cm³/mol. The Kier molecular flexibility index (Phi) is 4.83. The fourth-order valence-electron chi connectivity index (χ4n) is 3.42. The zero-order valence-corrected chi connectivity index (χ0v) is 17.5. The monoisotopic (exact) mass is 430 g/mol. The van der Waals surface area contributed by atoms with Crippen LogP contribution in [0.25, 0.3) is 31.9 Å². The number of rotatable bonds is 5. The van der Waals surface area contributed by atoms with Gasteiger partial charge in [-0.25, -0.2) is 9.97 Å². The molecule has 5 aromatic rings. The molecule has 8 heteroatoms. The molecule has 0 aliphatic rings. The SMILES string of the molecule is CCN(Cc1nc2ccccc2c(=O)[nH]1)C(=O)c1ccc(-c2nc3ccccc3s2)o1. The normalized spacial score (nSPS) is 11.3. The van der Waals surface area contributed by atoms with E-state index in [2.05, 4.69) is 15.0 Å². The first-order valence-corrected chi connectivity index (χ1v) is 10.7. The Balaban J connectivity index is 1.40. The second kappa shape index (κ2) is 7.81. The molecule has 3 heterocycles. The van der Waals surface area contributed by atoms with Crippen LogP contribution in [0.5, 0.6) is 0 Å². The lowest BCUT2D eigenvalue weighted by Gasteiger charge is -2.19. The first kappa shape index (κ1) is 19.2. The van der Waals surface area contributed by atoms with Crippen LogP contribution in [-0.4, -0.2) is 32.3 Å². The summed E-state index contributed by atoms with van der Waals surface area (Å²) in [4.78, 5) is 38.8. The molecule has 0 radical (unpaired) electrons. The smallest absolute Gasteiger partial charge is 0.289 e. The van der Waals surface area contributed by atoms with E-state index in [0.717, 1.165) is 15.2 Å². The quantitative estimate of drug-likeness (QED) is 0.445. The molecular formula is C23H18N4O3S. The van der Waals surface area contributed by atoms with Crippen molar-refractivity contribution in [2.45, 2.75) is 13.5 Å². The number of fused-ring (bicyclic) bond motifs is 2. The molecule has 0 spiro atoms. The molecule has 0 unspecified atom stereocenters. The average molecular weight is 430 g/mol. The fourth-order valence-corrected chi connectivity index (χ4v) is 4.35. The van der Waals surface area contributed by atoms with Crippen molar-refractivity contribution in [2.75, 3.05) is 6.54 Å². The molecule has 0 saturated carbocycles. The van der Waals surface area contributed by atoms with Crippen LogP contribution in [0.15, 0.2) is 69.9 Å². The third-order valence-corrected chi connectivity index (χ3v) is 6.04. The maximum atomic E-state index is 13.0. The van der Waals surface area contributed by atoms with Gasteiger partial charge in [0.15, 0.2) is 16.5 Å². The van der Waals surface area contributed by atoms with Crippen LogP contribution in [0, 0.1) is 0 Å². The Labute approximate surface area is 181 Å². The molecule has 0 aliphatic carbocycles. The van der Waals surface area contributed by atoms with E-state index in [9.17, 15) is 9.59 Å². The van der Waals surface area contributed by atoms with Crippen LogP contribution in [0.4, 0.5) is 0 Å². The maximum absolute atomic E-state index is 13.0. The molecular weight excluding hydrogens is 412 g/mol. The number of benzene rings is 2. The highest BCUT2D eigenvalue weighted by Crippen LogP contribution is 2.31. The third-order valence-electron chi connectivity index (χ3n) is 4.99. The largest absolute Gasteiger partial charge is 0.448 e. The van der Waals surface area contributed by atoms with Gasteiger partial charge in [0.2, 0.25) is 0 Å². The van der Waals surface area contributed by atoms with Gasteiger partial charge in [-0.1, -0.05) is 24.3 Å². The number of nitrogens with zero attached hydrogens (tertiary/aromatic N) is 3. The van der Waals surface area contributed by atoms with E-state index in [1.54, 1.807) is 35.2 Å². The van der Waals surface area contributed by atoms with Gasteiger partial charge in [0.1, 0.15) is 5.82 Å². The van der Waals surface area contributed by atoms with Gasteiger partial charge < -0.3 is 14.3 Å². The van der Waals surface area contributed by atoms with Gasteiger partial charge in [0, 0.05) is 6.54 Å². The molecule has 0 fully saturated rings. The van der Waals surface area contributed by atoms with Gasteiger partial charge in [0.25, 0.3) is 11.5 Å². The van der Waals surface area contributed by atoms with E-state index in [4.69, 9.17) is 4.42 Å². The zero-order chi connectivity index (χ0) is 21.4. The van der Waals surface area contributed by atoms with Crippen LogP contribution >= 0.6 is 11.3 Å². The maximum Gasteiger partial charge on any atom is 0.289 e. The lowest BCUT2D eigenvalue weighted by Crippen LogP contribution is -2.31. The molecule has 0 bridgehead atoms. The van der Waals surface area contributed by atoms with E-state index in [0.29, 0.717) is 29.0 Å². The fraction of sp³-hybridized carbons (Fsp3) is 0.130. The first-order chi connectivity index (χ1) is 15.1. The molecule has 3 aromatic heterocycles. The van der Waals surface area contributed by atoms with Gasteiger partial charge in [0.05, 0.1) is 27.7 Å². The summed E-state index contributed by atoms with van der Waals surface area (Å²) in [6.07, 6.45) is 0. The highest BCUT2D eigenvalue weighted by Gasteiger charge is 2.21. The number of hydrogen-bond acceptors (Lipinski definition) is 6. The minimum Gasteiger partial charge on any atom is -0.448 e. The second-order valence-corrected chi connectivity index (χ2v) is 8.03. The van der Waals surface area contributed by atoms with Crippen molar-refractivity contribution in [3.63, 3.8) is 0 Å². The zero-order valence-electron chi connectivity index (χ0n) is 16.7. The second-order valence-electron chi connectivity index (χ2n) is 7.00. The predicted octanol–water partition coefficient (Wildman–Crippen LogP) is 4.46. The summed E-state index contributed by atoms with van der Waals surface area (Å²) >= 11 is 1.52. The van der Waals surface area contributed by atoms with E-state index < -0.39 is 0 Å². The summed E-state index contributed by atoms with van der Waals surface area (Å²) in [6, 6.07) is 18.4. The van der Waals surface area contributed by atoms with Gasteiger partial charge >= 0.3 is 0 Å². The number of carbonyl (C=O) groups is 1. The van der Waals surface area contributed by atoms with Gasteiger partial charge in [-0.2, -0.15) is 0 Å². The molecule has 154 valence electrons. The number of furan rings is 1. The van der Waals surface area contributed by atoms with E-state index in [1.807, 2.05) is 37.3 Å². The summed E-state index contributed by atoms with van der Waals surface area (Å²) in [5, 5.41) is 1.25. The van der Waals surface area contributed by atoms with Crippen LogP contribution in [-0.2, 0) is 6.54 Å². The summed E-state index contributed by atoms with van der Waals surface area (Å²) in [5.41, 5.74) is 1.27. The number of aromatic nitrogens is 3. The average Bonchev–Trinajstić information content (AvgIpc) is 3.44. The minimum atomic E-state index is -0.273. The summed E-state index contributed by atoms with van der Waals surface area (Å²) < 4.78 is 6.90. The Bertz CT molecular complexity index is 1430. The number of H-pyrrole nitrogens is 1. The van der Waals surface area contributed by atoms with Gasteiger partial charge in [-0.3, -0.25) is 9.59 Å². The molecule has 5 rings (SSSR count). The van der Waals surface area contributed by atoms with Crippen LogP contribution in [0.2, 0.25) is 0 Å². The van der Waals surface area contributed by atoms with E-state index in [-0.39, 0.29) is 23.8 Å². The number of carbonyl (C=O) groups excluding carboxylic acids is 1. The Morgan fingerprint density at radius 3 is 2.61 bits per heavy atom. The number of amides is 1. The summed E-state index contributed by atoms with van der Waals surface area (Å²) in [6.45, 7) is 2.48. The van der Waals surface area contributed by atoms with Crippen molar-refractivity contribution in [1.82, 2.24) is 19.9 Å². The summed E-state index contributed by atoms with van der Waals surface area (Å²) in [7, 11) is 0. The summed E-state index contributed by atoms with van der Waals surface area (Å²) in [5.74, 6) is 0.930. The number of nitrogens with one attached hydrogen (secondary N) is 1. The Hall–Kier alpha value is -3.78. The van der Waals surface area contributed by atoms with Crippen molar-refractivity contribution >= 4 is 38.4 Å². The molecule has 0 saturated heterocycles. The third kappa shape index (κ3) is 3.62. The van der Waals surface area contributed by atoms with Crippen molar-refractivity contribution in [3.8, 4) is 10.8 Å². The molecule has 2 aromatic carbocycles. The lowest BCUT2D eigenvalue weighted by molar-refractivity contribution is 0.0717. The Morgan fingerprint density at radius 2 is 1.81 bits per heavy atom. The molecule has 1 amide bonds. The molecule has 7 nitrogen and oxygen atoms in total. The highest BCUT2D eigenvalue weighted by atomic mass is 32.1. The van der Waals surface area contributed by atoms with Crippen molar-refractivity contribution in [2.24, 2.45) is 0 Å². The Morgan fingerprint density at radius 1 is 1.03 bits per heavy atom. The van der Waals surface area contributed by atoms with Gasteiger partial charge in [-0.15, -0.1) is 11.3 Å². The molecule has 31 heavy (non-hydrogen) atoms. The minimum absolute atomic E-state index is 0.173. The van der Waals surface area contributed by atoms with Crippen molar-refractivity contribution in [1.29, 1.82) is 0 Å². The number of para-hydroxylation sites is 2. The van der Waals surface area contributed by atoms with E-state index in [1.165, 1.54) is 11.3 Å². The molecule has 0 aliphatic heterocycles. The van der Waals surface area contributed by atoms with Crippen LogP contribution in [0.1, 0.15) is 23.3 Å². The molecule has 1 N–H and O–H groups in total. The standard InChI is InChI=1S/C23H18N4O3S/c1-2-27(13-20-24-15-8-4-3-7-14(15)21(28)26-20)23(29)18-12-11-17(30-18)22-25-16-9-5-6-10-19(16)31-22/h3-12H,2,13H2,1H3,(H,24,26,28). The van der Waals surface area contributed by atoms with Crippen molar-refractivity contribution in [3.05, 3.63) is 82.6 Å². The number of thiazole rings is 1. The lowest BCUT2D eigenvalue weighted by atomic mass is 10.2. The molecule has 0 atom stereocenters.